The fourth-order valence-electron chi connectivity index (χ4n) is 2.35. The maximum Gasteiger partial charge on any atom is 0.134 e. The van der Waals surface area contributed by atoms with Crippen molar-refractivity contribution in [2.45, 2.75) is 32.3 Å². The highest BCUT2D eigenvalue weighted by atomic mass is 79.9. The van der Waals surface area contributed by atoms with E-state index in [0.717, 1.165) is 40.8 Å². The Morgan fingerprint density at radius 3 is 2.33 bits per heavy atom. The molecule has 1 aromatic heterocycles. The minimum atomic E-state index is 0.0631. The molecule has 2 saturated carbocycles. The van der Waals surface area contributed by atoms with Gasteiger partial charge in [0.25, 0.3) is 0 Å². The molecule has 3 nitrogen and oxygen atoms in total. The molecule has 0 unspecified atom stereocenters. The topological polar surface area (TPSA) is 36.4 Å². The second kappa shape index (κ2) is 5.17. The molecule has 0 aliphatic heterocycles. The Kier molecular flexibility index (Phi) is 3.57. The summed E-state index contributed by atoms with van der Waals surface area (Å²) >= 11 is 3.42. The van der Waals surface area contributed by atoms with Crippen molar-refractivity contribution in [1.29, 1.82) is 0 Å². The molecule has 2 fully saturated rings. The van der Waals surface area contributed by atoms with Crippen molar-refractivity contribution in [3.05, 3.63) is 22.3 Å². The quantitative estimate of drug-likeness (QED) is 0.877. The van der Waals surface area contributed by atoms with Gasteiger partial charge in [0.1, 0.15) is 5.82 Å². The van der Waals surface area contributed by atoms with Crippen LogP contribution in [0, 0.1) is 11.8 Å². The molecule has 1 aromatic rings. The molecule has 0 atom stereocenters. The lowest BCUT2D eigenvalue weighted by Crippen LogP contribution is -2.30. The molecule has 4 heteroatoms. The molecule has 0 bridgehead atoms. The second-order valence-corrected chi connectivity index (χ2v) is 6.50. The lowest BCUT2D eigenvalue weighted by atomic mass is 10.2. The number of aliphatic hydroxyl groups is 1. The van der Waals surface area contributed by atoms with Crippen molar-refractivity contribution in [1.82, 2.24) is 4.98 Å². The van der Waals surface area contributed by atoms with Crippen molar-refractivity contribution < 1.29 is 5.11 Å². The van der Waals surface area contributed by atoms with Crippen molar-refractivity contribution >= 4 is 21.7 Å². The fraction of sp³-hybridized carbons (Fsp3) is 0.643. The van der Waals surface area contributed by atoms with Crippen LogP contribution in [-0.4, -0.2) is 23.2 Å². The summed E-state index contributed by atoms with van der Waals surface area (Å²) < 4.78 is 0.938. The van der Waals surface area contributed by atoms with Gasteiger partial charge in [0.15, 0.2) is 0 Å². The van der Waals surface area contributed by atoms with Gasteiger partial charge >= 0.3 is 0 Å². The summed E-state index contributed by atoms with van der Waals surface area (Å²) in [4.78, 5) is 6.93. The maximum atomic E-state index is 9.50. The summed E-state index contributed by atoms with van der Waals surface area (Å²) in [5.41, 5.74) is 0.936. The molecule has 0 spiro atoms. The summed E-state index contributed by atoms with van der Waals surface area (Å²) in [5, 5.41) is 9.50. The molecule has 1 N–H and O–H groups in total. The van der Waals surface area contributed by atoms with Gasteiger partial charge in [-0.15, -0.1) is 0 Å². The van der Waals surface area contributed by atoms with Crippen LogP contribution in [0.15, 0.2) is 16.7 Å². The minimum Gasteiger partial charge on any atom is -0.392 e. The summed E-state index contributed by atoms with van der Waals surface area (Å²) in [6, 6.07) is 1.98. The molecule has 2 aliphatic rings. The third kappa shape index (κ3) is 3.04. The first-order valence-electron chi connectivity index (χ1n) is 6.76. The Labute approximate surface area is 116 Å². The number of aromatic nitrogens is 1. The number of rotatable bonds is 6. The third-order valence-electron chi connectivity index (χ3n) is 3.73. The first-order chi connectivity index (χ1) is 8.76. The van der Waals surface area contributed by atoms with Crippen LogP contribution in [0.25, 0.3) is 0 Å². The SMILES string of the molecule is OCc1cc(Br)cnc1N(CC1CC1)CC1CC1. The molecule has 0 aromatic carbocycles. The molecule has 3 rings (SSSR count). The van der Waals surface area contributed by atoms with Crippen LogP contribution in [0.1, 0.15) is 31.2 Å². The van der Waals surface area contributed by atoms with Crippen molar-refractivity contribution in [2.75, 3.05) is 18.0 Å². The van der Waals surface area contributed by atoms with Crippen molar-refractivity contribution in [3.8, 4) is 0 Å². The molecular weight excluding hydrogens is 292 g/mol. The largest absolute Gasteiger partial charge is 0.392 e. The maximum absolute atomic E-state index is 9.50. The molecule has 0 radical (unpaired) electrons. The predicted molar refractivity (Wildman–Crippen MR) is 75.5 cm³/mol. The number of hydrogen-bond acceptors (Lipinski definition) is 3. The minimum absolute atomic E-state index is 0.0631. The lowest BCUT2D eigenvalue weighted by molar-refractivity contribution is 0.281. The Bertz CT molecular complexity index is 416. The van der Waals surface area contributed by atoms with E-state index < -0.39 is 0 Å². The van der Waals surface area contributed by atoms with Gasteiger partial charge in [0.2, 0.25) is 0 Å². The van der Waals surface area contributed by atoms with Crippen molar-refractivity contribution in [3.63, 3.8) is 0 Å². The summed E-state index contributed by atoms with van der Waals surface area (Å²) in [6.07, 6.45) is 7.25. The van der Waals surface area contributed by atoms with E-state index in [0.29, 0.717) is 0 Å². The molecule has 18 heavy (non-hydrogen) atoms. The van der Waals surface area contributed by atoms with Gasteiger partial charge in [0, 0.05) is 29.3 Å². The van der Waals surface area contributed by atoms with Gasteiger partial charge < -0.3 is 10.0 Å². The standard InChI is InChI=1S/C14H19BrN2O/c15-13-5-12(9-18)14(16-6-13)17(7-10-1-2-10)8-11-3-4-11/h5-6,10-11,18H,1-4,7-9H2. The first kappa shape index (κ1) is 12.4. The average Bonchev–Trinajstić information content (AvgIpc) is 3.23. The molecule has 98 valence electrons. The van der Waals surface area contributed by atoms with E-state index in [1.807, 2.05) is 12.3 Å². The van der Waals surface area contributed by atoms with Crippen LogP contribution in [0.4, 0.5) is 5.82 Å². The van der Waals surface area contributed by atoms with E-state index in [1.165, 1.54) is 25.7 Å². The number of aliphatic hydroxyl groups excluding tert-OH is 1. The van der Waals surface area contributed by atoms with Gasteiger partial charge in [-0.3, -0.25) is 0 Å². The van der Waals surface area contributed by atoms with E-state index in [2.05, 4.69) is 25.8 Å². The third-order valence-corrected chi connectivity index (χ3v) is 4.16. The summed E-state index contributed by atoms with van der Waals surface area (Å²) in [6.45, 7) is 2.28. The number of pyridine rings is 1. The van der Waals surface area contributed by atoms with E-state index in [-0.39, 0.29) is 6.61 Å². The Morgan fingerprint density at radius 2 is 1.83 bits per heavy atom. The van der Waals surface area contributed by atoms with E-state index in [1.54, 1.807) is 0 Å². The van der Waals surface area contributed by atoms with Gasteiger partial charge in [0.05, 0.1) is 6.61 Å². The zero-order valence-corrected chi connectivity index (χ0v) is 12.1. The van der Waals surface area contributed by atoms with Crippen LogP contribution in [0.5, 0.6) is 0 Å². The zero-order valence-electron chi connectivity index (χ0n) is 10.5. The van der Waals surface area contributed by atoms with Crippen molar-refractivity contribution in [2.24, 2.45) is 11.8 Å². The summed E-state index contributed by atoms with van der Waals surface area (Å²) in [5.74, 6) is 2.68. The Balaban J connectivity index is 1.81. The number of anilines is 1. The van der Waals surface area contributed by atoms with E-state index in [9.17, 15) is 5.11 Å². The number of nitrogens with zero attached hydrogens (tertiary/aromatic N) is 2. The van der Waals surface area contributed by atoms with Crippen LogP contribution in [-0.2, 0) is 6.61 Å². The molecule has 2 aliphatic carbocycles. The van der Waals surface area contributed by atoms with Gasteiger partial charge in [-0.2, -0.15) is 0 Å². The van der Waals surface area contributed by atoms with Gasteiger partial charge in [-0.1, -0.05) is 0 Å². The monoisotopic (exact) mass is 310 g/mol. The fourth-order valence-corrected chi connectivity index (χ4v) is 2.73. The highest BCUT2D eigenvalue weighted by Crippen LogP contribution is 2.36. The zero-order chi connectivity index (χ0) is 12.5. The average molecular weight is 311 g/mol. The molecule has 0 saturated heterocycles. The highest BCUT2D eigenvalue weighted by molar-refractivity contribution is 9.10. The summed E-state index contributed by atoms with van der Waals surface area (Å²) in [7, 11) is 0. The Morgan fingerprint density at radius 1 is 1.22 bits per heavy atom. The number of hydrogen-bond donors (Lipinski definition) is 1. The normalized spacial score (nSPS) is 19.0. The molecule has 1 heterocycles. The van der Waals surface area contributed by atoms with Crippen LogP contribution in [0.2, 0.25) is 0 Å². The first-order valence-corrected chi connectivity index (χ1v) is 7.56. The highest BCUT2D eigenvalue weighted by Gasteiger charge is 2.30. The molecular formula is C14H19BrN2O. The van der Waals surface area contributed by atoms with Crippen LogP contribution in [0.3, 0.4) is 0 Å². The second-order valence-electron chi connectivity index (χ2n) is 5.59. The van der Waals surface area contributed by atoms with Gasteiger partial charge in [-0.25, -0.2) is 4.98 Å². The van der Waals surface area contributed by atoms with E-state index in [4.69, 9.17) is 0 Å². The van der Waals surface area contributed by atoms with E-state index >= 15 is 0 Å². The molecule has 0 amide bonds. The van der Waals surface area contributed by atoms with Crippen LogP contribution < -0.4 is 4.90 Å². The number of halogens is 1. The lowest BCUT2D eigenvalue weighted by Gasteiger charge is -2.25. The Hall–Kier alpha value is -0.610. The van der Waals surface area contributed by atoms with Gasteiger partial charge in [-0.05, 0) is 59.5 Å². The van der Waals surface area contributed by atoms with Crippen LogP contribution >= 0.6 is 15.9 Å². The smallest absolute Gasteiger partial charge is 0.134 e. The predicted octanol–water partition coefficient (Wildman–Crippen LogP) is 2.96.